The number of ketones is 2. The zero-order chi connectivity index (χ0) is 82.3. The highest BCUT2D eigenvalue weighted by Crippen LogP contribution is 2.35. The molecule has 606 valence electrons. The topological polar surface area (TPSA) is 432 Å². The average molecular weight is 1610 g/mol. The first kappa shape index (κ1) is 86.6. The van der Waals surface area contributed by atoms with E-state index in [0.29, 0.717) is 77.5 Å². The Bertz CT molecular complexity index is 4690. The lowest BCUT2D eigenvalue weighted by Gasteiger charge is -2.30. The summed E-state index contributed by atoms with van der Waals surface area (Å²) >= 11 is 0. The van der Waals surface area contributed by atoms with Crippen LogP contribution in [0.5, 0.6) is 0 Å². The van der Waals surface area contributed by atoms with Crippen molar-refractivity contribution in [1.29, 1.82) is 0 Å². The van der Waals surface area contributed by atoms with Gasteiger partial charge in [-0.25, -0.2) is 31.6 Å². The second-order valence-corrected chi connectivity index (χ2v) is 32.1. The number of carbonyl (C=O) groups is 9. The minimum Gasteiger partial charge on any atom is -0.748 e. The number of amides is 6. The maximum Gasteiger partial charge on any atom is 0.358 e. The Morgan fingerprint density at radius 2 is 0.912 bits per heavy atom. The Balaban J connectivity index is 0.000000202. The minimum absolute atomic E-state index is 0.0120. The van der Waals surface area contributed by atoms with E-state index in [-0.39, 0.29) is 92.1 Å². The third-order valence-corrected chi connectivity index (χ3v) is 20.4. The molecule has 8 aromatic rings. The zero-order valence-electron chi connectivity index (χ0n) is 64.6. The van der Waals surface area contributed by atoms with Gasteiger partial charge >= 0.3 is 5.97 Å². The quantitative estimate of drug-likeness (QED) is 0.0177. The molecule has 4 aromatic carbocycles. The highest BCUT2D eigenvalue weighted by atomic mass is 32.2. The van der Waals surface area contributed by atoms with Gasteiger partial charge in [-0.15, -0.1) is 15.3 Å². The predicted octanol–water partition coefficient (Wildman–Crippen LogP) is 3.93. The Morgan fingerprint density at radius 3 is 1.30 bits per heavy atom. The van der Waals surface area contributed by atoms with Crippen molar-refractivity contribution in [3.8, 4) is 0 Å². The number of Topliss-reactive ketones (excluding diaryl/α,β-unsaturated/α-hetero) is 2. The van der Waals surface area contributed by atoms with Crippen molar-refractivity contribution in [1.82, 2.24) is 66.3 Å². The van der Waals surface area contributed by atoms with Gasteiger partial charge in [0.1, 0.15) is 59.8 Å². The van der Waals surface area contributed by atoms with E-state index in [4.69, 9.17) is 9.57 Å². The van der Waals surface area contributed by atoms with Crippen LogP contribution in [0.2, 0.25) is 0 Å². The fourth-order valence-corrected chi connectivity index (χ4v) is 13.4. The number of pyridine rings is 2. The molecule has 6 amide bonds. The van der Waals surface area contributed by atoms with Gasteiger partial charge in [0, 0.05) is 101 Å². The number of hydrogen-bond acceptors (Lipinski definition) is 25. The number of aryl methyl sites for hydroxylation is 1. The van der Waals surface area contributed by atoms with E-state index in [9.17, 15) is 69.1 Å². The fraction of sp³-hybridized carbons (Fsp3) is 0.397. The number of ether oxygens (including phenoxy) is 1. The first-order valence-electron chi connectivity index (χ1n) is 37.1. The molecular weight excluding hydrogens is 1510 g/mol. The lowest BCUT2D eigenvalue weighted by Crippen LogP contribution is -2.44. The summed E-state index contributed by atoms with van der Waals surface area (Å²) in [7, 11) is -0.630. The van der Waals surface area contributed by atoms with E-state index >= 15 is 0 Å². The van der Waals surface area contributed by atoms with Crippen LogP contribution in [0.15, 0.2) is 146 Å². The van der Waals surface area contributed by atoms with Crippen molar-refractivity contribution < 1.29 is 87.6 Å². The van der Waals surface area contributed by atoms with Gasteiger partial charge in [-0.3, -0.25) is 47.7 Å². The van der Waals surface area contributed by atoms with Gasteiger partial charge in [-0.05, 0) is 97.1 Å². The minimum atomic E-state index is -4.27. The van der Waals surface area contributed by atoms with Gasteiger partial charge < -0.3 is 58.7 Å². The molecule has 0 unspecified atom stereocenters. The fourth-order valence-electron chi connectivity index (χ4n) is 12.5. The van der Waals surface area contributed by atoms with Crippen LogP contribution in [0.3, 0.4) is 0 Å². The number of rotatable bonds is 28. The molecule has 1 saturated heterocycles. The van der Waals surface area contributed by atoms with E-state index in [1.54, 1.807) is 78.5 Å². The van der Waals surface area contributed by atoms with Crippen LogP contribution < -0.4 is 31.1 Å². The van der Waals surface area contributed by atoms with E-state index < -0.39 is 85.8 Å². The third-order valence-electron chi connectivity index (χ3n) is 18.9. The molecule has 2 fully saturated rings. The van der Waals surface area contributed by atoms with Crippen LogP contribution in [0, 0.1) is 12.8 Å². The maximum atomic E-state index is 12.7. The third kappa shape index (κ3) is 26.9. The number of nitrogens with one attached hydrogen (secondary N) is 4. The second kappa shape index (κ2) is 39.9. The molecule has 34 nitrogen and oxygen atoms in total. The maximum absolute atomic E-state index is 12.7. The monoisotopic (exact) mass is 1610 g/mol. The lowest BCUT2D eigenvalue weighted by molar-refractivity contribution is -0.903. The number of carbonyl (C=O) groups excluding carboxylic acids is 9. The molecule has 8 bridgehead atoms. The second-order valence-electron chi connectivity index (χ2n) is 29.0. The summed E-state index contributed by atoms with van der Waals surface area (Å²) in [4.78, 5) is 128. The lowest BCUT2D eigenvalue weighted by atomic mass is 9.70. The molecule has 0 radical (unpaired) electrons. The molecule has 1 saturated carbocycles. The average Bonchev–Trinajstić information content (AvgIpc) is 0.792. The molecule has 4 N–H and O–H groups in total. The summed E-state index contributed by atoms with van der Waals surface area (Å²) in [5.41, 5.74) is 9.32. The molecule has 4 aromatic heterocycles. The number of benzene rings is 4. The van der Waals surface area contributed by atoms with Crippen molar-refractivity contribution in [2.24, 2.45) is 5.92 Å². The van der Waals surface area contributed by atoms with Crippen molar-refractivity contribution in [2.75, 3.05) is 102 Å². The van der Waals surface area contributed by atoms with Gasteiger partial charge in [0.2, 0.25) is 0 Å². The van der Waals surface area contributed by atoms with Crippen LogP contribution in [-0.4, -0.2) is 225 Å². The predicted molar refractivity (Wildman–Crippen MR) is 413 cm³/mol. The number of nitrogens with zero attached hydrogens (tertiary/aromatic N) is 13. The number of imide groups is 1. The van der Waals surface area contributed by atoms with Crippen LogP contribution in [0.4, 0.5) is 11.4 Å². The van der Waals surface area contributed by atoms with Gasteiger partial charge in [0.15, 0.2) is 11.6 Å². The highest BCUT2D eigenvalue weighted by Gasteiger charge is 2.46. The number of likely N-dealkylation sites (N-methyl/N-ethyl adjacent to an activating group) is 1. The smallest absolute Gasteiger partial charge is 0.358 e. The number of aromatic nitrogens is 8. The highest BCUT2D eigenvalue weighted by molar-refractivity contribution is 7.85. The zero-order valence-corrected chi connectivity index (χ0v) is 66.3. The Kier molecular flexibility index (Phi) is 30.3. The SMILES string of the molecule is CC1C(=O)C(c2ccc(N(CCOCC(=O)ON3C(=O)CCC3=O)CCn3cc(C[N+](C)(C)CCCS(=O)(=O)[O-])nn3)cc2)C1=O.CCN(CCn1cc(C[N+](C)(C)CCCS(=O)(=O)[O-])nn1)c1ccc(C)cc1.O=C1NCc2ccc(cc2)CNC(=O)c2cccc(n2)C(=O)NCc2ccc(cc2)CNC(=O)c2cccc1n2. The molecule has 36 heteroatoms. The molecule has 9 heterocycles. The molecule has 5 aliphatic heterocycles. The number of hydrogen-bond donors (Lipinski definition) is 4. The van der Waals surface area contributed by atoms with Crippen LogP contribution >= 0.6 is 0 Å². The van der Waals surface area contributed by atoms with Crippen molar-refractivity contribution in [3.63, 3.8) is 0 Å². The van der Waals surface area contributed by atoms with E-state index in [0.717, 1.165) is 53.3 Å². The molecule has 1 aliphatic carbocycles. The van der Waals surface area contributed by atoms with Crippen molar-refractivity contribution in [3.05, 3.63) is 213 Å². The van der Waals surface area contributed by atoms with E-state index in [1.807, 2.05) is 92.5 Å². The molecule has 0 atom stereocenters. The van der Waals surface area contributed by atoms with Gasteiger partial charge in [0.05, 0.1) is 99.5 Å². The summed E-state index contributed by atoms with van der Waals surface area (Å²) in [5, 5.41) is 28.6. The summed E-state index contributed by atoms with van der Waals surface area (Å²) in [6, 6.07) is 39.8. The number of quaternary nitrogens is 2. The van der Waals surface area contributed by atoms with Crippen molar-refractivity contribution >= 4 is 84.6 Å². The van der Waals surface area contributed by atoms with Gasteiger partial charge in [0.25, 0.3) is 35.4 Å². The Morgan fingerprint density at radius 1 is 0.535 bits per heavy atom. The van der Waals surface area contributed by atoms with Gasteiger partial charge in [-0.2, -0.15) is 0 Å². The molecular formula is C78H95N17O17S2. The first-order valence-corrected chi connectivity index (χ1v) is 40.2. The van der Waals surface area contributed by atoms with Crippen LogP contribution in [0.25, 0.3) is 0 Å². The molecule has 114 heavy (non-hydrogen) atoms. The molecule has 6 aliphatic rings. The van der Waals surface area contributed by atoms with Gasteiger partial charge in [-0.1, -0.05) is 101 Å². The summed E-state index contributed by atoms with van der Waals surface area (Å²) in [5.74, 6) is -5.93. The first-order chi connectivity index (χ1) is 54.1. The Hall–Kier alpha value is -11.4. The normalized spacial score (nSPS) is 15.7. The largest absolute Gasteiger partial charge is 0.748 e. The molecule has 14 rings (SSSR count). The van der Waals surface area contributed by atoms with E-state index in [2.05, 4.69) is 94.9 Å². The van der Waals surface area contributed by atoms with Crippen LogP contribution in [0.1, 0.15) is 132 Å². The van der Waals surface area contributed by atoms with Crippen LogP contribution in [-0.2, 0) is 106 Å². The molecule has 0 spiro atoms. The summed E-state index contributed by atoms with van der Waals surface area (Å²) in [6.07, 6.45) is 4.28. The standard InChI is InChI=1S/C30H26N6O4.C29H38N6O10S.C19H31N5O3S/c37-27-23-3-1-4-24(35-23)28(38)32-16-20-9-13-22(14-10-20)18-34-30(40)26-6-2-5-25(36-26)29(39)33-17-21-11-7-19(8-12-21)15-31-27;1-20-28(39)27(29(20)40)21-5-7-23(8-6-21)32(13-15-44-19-26(38)45-34-24(36)9-10-25(34)37)11-12-33-17-22(30-31-33)18-35(2,3)14-4-16-46(41,42)43;1-5-22(19-9-7-17(2)8-10-19)11-12-23-15-18(20-21-23)16-24(3,4)13-6-14-28(25,26)27/h1-14H,15-18H2,(H,31,37)(H,32,38)(H,33,39)(H,34,40);5-8,17,20,27H,4,9-16,18-19H2,1-3H3;7-10,15H,5-6,11-14,16H2,1-4H3. The summed E-state index contributed by atoms with van der Waals surface area (Å²) < 4.78 is 75.0. The Labute approximate surface area is 661 Å². The number of anilines is 2. The summed E-state index contributed by atoms with van der Waals surface area (Å²) in [6.45, 7) is 12.3. The van der Waals surface area contributed by atoms with Crippen molar-refractivity contribution in [2.45, 2.75) is 105 Å². The number of hydroxylamine groups is 2. The van der Waals surface area contributed by atoms with E-state index in [1.165, 1.54) is 11.3 Å².